The van der Waals surface area contributed by atoms with Crippen molar-refractivity contribution in [3.8, 4) is 22.9 Å². The van der Waals surface area contributed by atoms with Gasteiger partial charge in [0.15, 0.2) is 0 Å². The smallest absolute Gasteiger partial charge is 0.210 e. The molecule has 11 aromatic carbocycles. The summed E-state index contributed by atoms with van der Waals surface area (Å²) in [6.07, 6.45) is 0. The second-order valence-corrected chi connectivity index (χ2v) is 18.7. The van der Waals surface area contributed by atoms with Crippen molar-refractivity contribution in [1.82, 2.24) is 4.57 Å². The fourth-order valence-electron chi connectivity index (χ4n) is 11.4. The summed E-state index contributed by atoms with van der Waals surface area (Å²) in [6.45, 7) is 13.3. The third-order valence-corrected chi connectivity index (χ3v) is 14.5. The molecule has 0 radical (unpaired) electrons. The first-order valence-electron chi connectivity index (χ1n) is 23.7. The Morgan fingerprint density at radius 3 is 1.73 bits per heavy atom. The number of anilines is 6. The standard InChI is InChI=1S/C65H43N5/c1-65(2)53-29-15-14-28-52(53)62-59(70(56-32-18-16-30-54(56)67-3)49-36-34-43-20-8-10-22-45(43)38-49)40-60-63(64(62)65)61-51-27-13-12-26-50(51)57(39-58(61)68(60)47-24-5-4-6-25-47)69(55-31-17-11-23-46(55)41-66)48-35-33-42-19-7-9-21-44(42)37-48/h4-40H,1-2H3. The molecule has 12 aromatic rings. The molecule has 70 heavy (non-hydrogen) atoms. The van der Waals surface area contributed by atoms with Crippen LogP contribution >= 0.6 is 0 Å². The molecule has 0 spiro atoms. The molecule has 0 fully saturated rings. The van der Waals surface area contributed by atoms with Crippen LogP contribution in [0.15, 0.2) is 224 Å². The van der Waals surface area contributed by atoms with E-state index < -0.39 is 5.41 Å². The topological polar surface area (TPSA) is 39.6 Å². The summed E-state index contributed by atoms with van der Waals surface area (Å²) in [5.41, 5.74) is 14.2. The zero-order chi connectivity index (χ0) is 47.1. The zero-order valence-corrected chi connectivity index (χ0v) is 38.6. The van der Waals surface area contributed by atoms with Gasteiger partial charge in [-0.25, -0.2) is 4.85 Å². The van der Waals surface area contributed by atoms with Crippen molar-refractivity contribution < 1.29 is 0 Å². The molecule has 0 aliphatic heterocycles. The molecule has 1 heterocycles. The summed E-state index contributed by atoms with van der Waals surface area (Å²) >= 11 is 0. The summed E-state index contributed by atoms with van der Waals surface area (Å²) in [5.74, 6) is 0. The van der Waals surface area contributed by atoms with Crippen LogP contribution in [-0.4, -0.2) is 4.57 Å². The lowest BCUT2D eigenvalue weighted by Gasteiger charge is -2.31. The number of aromatic nitrogens is 1. The van der Waals surface area contributed by atoms with Crippen LogP contribution in [0.5, 0.6) is 0 Å². The van der Waals surface area contributed by atoms with E-state index in [1.807, 2.05) is 36.4 Å². The lowest BCUT2D eigenvalue weighted by Crippen LogP contribution is -2.17. The van der Waals surface area contributed by atoms with Gasteiger partial charge >= 0.3 is 0 Å². The number of hydrogen-bond acceptors (Lipinski definition) is 3. The highest BCUT2D eigenvalue weighted by molar-refractivity contribution is 6.28. The lowest BCUT2D eigenvalue weighted by atomic mass is 9.80. The van der Waals surface area contributed by atoms with Crippen molar-refractivity contribution in [3.63, 3.8) is 0 Å². The Bertz CT molecular complexity index is 4200. The lowest BCUT2D eigenvalue weighted by molar-refractivity contribution is 0.666. The molecular weight excluding hydrogens is 851 g/mol. The molecule has 0 N–H and O–H groups in total. The van der Waals surface area contributed by atoms with E-state index in [4.69, 9.17) is 6.57 Å². The number of nitrogens with zero attached hydrogens (tertiary/aromatic N) is 5. The van der Waals surface area contributed by atoms with E-state index in [-0.39, 0.29) is 0 Å². The van der Waals surface area contributed by atoms with Gasteiger partial charge in [0.2, 0.25) is 5.69 Å². The maximum absolute atomic E-state index is 10.7. The molecule has 1 aromatic heterocycles. The molecule has 328 valence electrons. The van der Waals surface area contributed by atoms with Gasteiger partial charge < -0.3 is 14.4 Å². The van der Waals surface area contributed by atoms with Crippen LogP contribution in [0.3, 0.4) is 0 Å². The van der Waals surface area contributed by atoms with Crippen molar-refractivity contribution in [2.45, 2.75) is 19.3 Å². The monoisotopic (exact) mass is 893 g/mol. The van der Waals surface area contributed by atoms with Crippen LogP contribution in [0.25, 0.3) is 75.8 Å². The molecule has 1 aliphatic rings. The first-order valence-corrected chi connectivity index (χ1v) is 23.7. The molecular formula is C65H43N5. The van der Waals surface area contributed by atoms with Crippen molar-refractivity contribution in [3.05, 3.63) is 253 Å². The number of nitriles is 1. The van der Waals surface area contributed by atoms with Gasteiger partial charge in [0.25, 0.3) is 0 Å². The number of fused-ring (bicyclic) bond motifs is 11. The second-order valence-electron chi connectivity index (χ2n) is 18.7. The fourth-order valence-corrected chi connectivity index (χ4v) is 11.4. The van der Waals surface area contributed by atoms with Crippen LogP contribution in [0.2, 0.25) is 0 Å². The Morgan fingerprint density at radius 1 is 0.486 bits per heavy atom. The van der Waals surface area contributed by atoms with E-state index in [1.165, 1.54) is 22.1 Å². The molecule has 0 saturated heterocycles. The summed E-state index contributed by atoms with van der Waals surface area (Å²) < 4.78 is 2.44. The van der Waals surface area contributed by atoms with Crippen LogP contribution in [-0.2, 0) is 5.41 Å². The molecule has 0 unspecified atom stereocenters. The Hall–Kier alpha value is -9.42. The molecule has 0 amide bonds. The molecule has 5 nitrogen and oxygen atoms in total. The minimum atomic E-state index is -0.438. The summed E-state index contributed by atoms with van der Waals surface area (Å²) in [6, 6.07) is 81.7. The van der Waals surface area contributed by atoms with Gasteiger partial charge in [-0.15, -0.1) is 0 Å². The number of hydrogen-bond donors (Lipinski definition) is 0. The summed E-state index contributed by atoms with van der Waals surface area (Å²) in [5, 5.41) is 19.8. The van der Waals surface area contributed by atoms with E-state index in [1.54, 1.807) is 0 Å². The summed E-state index contributed by atoms with van der Waals surface area (Å²) in [4.78, 5) is 8.75. The van der Waals surface area contributed by atoms with Crippen LogP contribution in [0, 0.1) is 17.9 Å². The Balaban J connectivity index is 1.23. The van der Waals surface area contributed by atoms with Crippen molar-refractivity contribution >= 4 is 93.9 Å². The van der Waals surface area contributed by atoms with Gasteiger partial charge in [-0.2, -0.15) is 5.26 Å². The molecule has 0 saturated carbocycles. The SMILES string of the molecule is [C-]#[N+]c1ccccc1N(c1ccc2ccccc2c1)c1cc2c(c3c1-c1ccccc1C3(C)C)c1c3ccccc3c(N(c3ccc4ccccc4c3)c3ccccc3C#N)cc1n2-c1ccccc1. The Kier molecular flexibility index (Phi) is 9.24. The first kappa shape index (κ1) is 40.8. The maximum Gasteiger partial charge on any atom is 0.210 e. The van der Waals surface area contributed by atoms with Crippen molar-refractivity contribution in [2.24, 2.45) is 0 Å². The van der Waals surface area contributed by atoms with E-state index in [9.17, 15) is 5.26 Å². The third-order valence-electron chi connectivity index (χ3n) is 14.5. The molecule has 13 rings (SSSR count). The minimum Gasteiger partial charge on any atom is -0.319 e. The van der Waals surface area contributed by atoms with Gasteiger partial charge in [0.05, 0.1) is 45.9 Å². The van der Waals surface area contributed by atoms with Crippen molar-refractivity contribution in [1.29, 1.82) is 5.26 Å². The number of benzene rings is 11. The highest BCUT2D eigenvalue weighted by Gasteiger charge is 2.42. The van der Waals surface area contributed by atoms with Gasteiger partial charge in [-0.1, -0.05) is 172 Å². The predicted molar refractivity (Wildman–Crippen MR) is 291 cm³/mol. The van der Waals surface area contributed by atoms with Crippen molar-refractivity contribution in [2.75, 3.05) is 9.80 Å². The zero-order valence-electron chi connectivity index (χ0n) is 38.6. The normalized spacial score (nSPS) is 12.5. The summed E-state index contributed by atoms with van der Waals surface area (Å²) in [7, 11) is 0. The Labute approximate surface area is 406 Å². The molecule has 1 aliphatic carbocycles. The van der Waals surface area contributed by atoms with Crippen LogP contribution < -0.4 is 9.80 Å². The first-order chi connectivity index (χ1) is 34.4. The van der Waals surface area contributed by atoms with Gasteiger partial charge in [0.1, 0.15) is 6.07 Å². The second kappa shape index (κ2) is 15.8. The van der Waals surface area contributed by atoms with E-state index >= 15 is 0 Å². The van der Waals surface area contributed by atoms with Gasteiger partial charge in [0, 0.05) is 44.2 Å². The number of para-hydroxylation sites is 4. The number of rotatable bonds is 7. The average Bonchev–Trinajstić information content (AvgIpc) is 3.87. The highest BCUT2D eigenvalue weighted by Crippen LogP contribution is 2.60. The fraction of sp³-hybridized carbons (Fsp3) is 0.0462. The van der Waals surface area contributed by atoms with Crippen LogP contribution in [0.1, 0.15) is 30.5 Å². The van der Waals surface area contributed by atoms with E-state index in [2.05, 4.69) is 227 Å². The third kappa shape index (κ3) is 6.09. The molecule has 5 heteroatoms. The quantitative estimate of drug-likeness (QED) is 0.150. The largest absolute Gasteiger partial charge is 0.319 e. The van der Waals surface area contributed by atoms with E-state index in [0.717, 1.165) is 94.1 Å². The van der Waals surface area contributed by atoms with Crippen LogP contribution in [0.4, 0.5) is 39.8 Å². The highest BCUT2D eigenvalue weighted by atomic mass is 15.2. The minimum absolute atomic E-state index is 0.438. The Morgan fingerprint density at radius 2 is 1.03 bits per heavy atom. The van der Waals surface area contributed by atoms with Gasteiger partial charge in [-0.3, -0.25) is 0 Å². The maximum atomic E-state index is 10.7. The molecule has 0 bridgehead atoms. The predicted octanol–water partition coefficient (Wildman–Crippen LogP) is 17.9. The average molecular weight is 894 g/mol. The van der Waals surface area contributed by atoms with Gasteiger partial charge in [-0.05, 0) is 110 Å². The molecule has 0 atom stereocenters. The van der Waals surface area contributed by atoms with E-state index in [0.29, 0.717) is 11.3 Å².